The van der Waals surface area contributed by atoms with Crippen LogP contribution in [0.2, 0.25) is 0 Å². The zero-order valence-electron chi connectivity index (χ0n) is 15.7. The topological polar surface area (TPSA) is 81.7 Å². The largest absolute Gasteiger partial charge is 0.495 e. The van der Waals surface area contributed by atoms with E-state index in [1.54, 1.807) is 42.5 Å². The van der Waals surface area contributed by atoms with Gasteiger partial charge < -0.3 is 19.6 Å². The minimum absolute atomic E-state index is 0.0697. The monoisotopic (exact) mass is 369 g/mol. The molecule has 0 aliphatic rings. The molecular formula is C21H23NO5. The number of amides is 1. The van der Waals surface area contributed by atoms with Gasteiger partial charge in [0.2, 0.25) is 6.10 Å². The molecule has 6 nitrogen and oxygen atoms in total. The second kappa shape index (κ2) is 9.52. The number of benzene rings is 2. The summed E-state index contributed by atoms with van der Waals surface area (Å²) in [6, 6.07) is 14.1. The summed E-state index contributed by atoms with van der Waals surface area (Å²) in [7, 11) is 1.51. The molecule has 142 valence electrons. The highest BCUT2D eigenvalue weighted by Gasteiger charge is 2.26. The zero-order valence-corrected chi connectivity index (χ0v) is 15.7. The molecule has 2 aromatic carbocycles. The van der Waals surface area contributed by atoms with Gasteiger partial charge in [0.1, 0.15) is 11.5 Å². The third-order valence-corrected chi connectivity index (χ3v) is 3.88. The Labute approximate surface area is 158 Å². The standard InChI is InChI=1S/C21H23NO5/c1-14-9-11-18(26-3)17(13-14)22-21(25)20(16-7-5-4-6-8-16)27-19(24)12-10-15(2)23/h4-9,11,13,20H,10,12H2,1-3H3,(H,22,25)/t20-/m1/s1. The second-order valence-electron chi connectivity index (χ2n) is 6.18. The van der Waals surface area contributed by atoms with Gasteiger partial charge in [0.25, 0.3) is 5.91 Å². The number of ketones is 1. The number of ether oxygens (including phenoxy) is 2. The van der Waals surface area contributed by atoms with Crippen LogP contribution in [0.1, 0.15) is 37.0 Å². The van der Waals surface area contributed by atoms with Crippen molar-refractivity contribution in [3.8, 4) is 5.75 Å². The summed E-state index contributed by atoms with van der Waals surface area (Å²) in [4.78, 5) is 36.0. The first kappa shape index (κ1) is 20.2. The number of aryl methyl sites for hydroxylation is 1. The molecular weight excluding hydrogens is 346 g/mol. The zero-order chi connectivity index (χ0) is 19.8. The number of nitrogens with one attached hydrogen (secondary N) is 1. The van der Waals surface area contributed by atoms with E-state index >= 15 is 0 Å². The predicted molar refractivity (Wildman–Crippen MR) is 102 cm³/mol. The van der Waals surface area contributed by atoms with Crippen molar-refractivity contribution in [2.24, 2.45) is 0 Å². The first-order valence-corrected chi connectivity index (χ1v) is 8.60. The van der Waals surface area contributed by atoms with Gasteiger partial charge in [0, 0.05) is 12.0 Å². The van der Waals surface area contributed by atoms with Crippen LogP contribution in [0.4, 0.5) is 5.69 Å². The maximum absolute atomic E-state index is 12.9. The lowest BCUT2D eigenvalue weighted by Crippen LogP contribution is -2.26. The summed E-state index contributed by atoms with van der Waals surface area (Å²) in [6.07, 6.45) is -1.12. The number of anilines is 1. The Morgan fingerprint density at radius 3 is 2.37 bits per heavy atom. The van der Waals surface area contributed by atoms with E-state index < -0.39 is 18.0 Å². The van der Waals surface area contributed by atoms with Gasteiger partial charge in [-0.25, -0.2) is 0 Å². The molecule has 0 spiro atoms. The normalized spacial score (nSPS) is 11.4. The summed E-state index contributed by atoms with van der Waals surface area (Å²) in [6.45, 7) is 3.30. The Bertz CT molecular complexity index is 817. The van der Waals surface area contributed by atoms with Crippen molar-refractivity contribution < 1.29 is 23.9 Å². The summed E-state index contributed by atoms with van der Waals surface area (Å²) in [5.74, 6) is -0.715. The molecule has 0 unspecified atom stereocenters. The minimum Gasteiger partial charge on any atom is -0.495 e. The molecule has 0 saturated heterocycles. The molecule has 1 N–H and O–H groups in total. The van der Waals surface area contributed by atoms with Crippen LogP contribution in [0.5, 0.6) is 5.75 Å². The molecule has 0 aliphatic carbocycles. The molecule has 0 fully saturated rings. The lowest BCUT2D eigenvalue weighted by molar-refractivity contribution is -0.155. The molecule has 1 atom stereocenters. The Hall–Kier alpha value is -3.15. The average molecular weight is 369 g/mol. The lowest BCUT2D eigenvalue weighted by Gasteiger charge is -2.19. The van der Waals surface area contributed by atoms with Crippen molar-refractivity contribution in [3.05, 3.63) is 59.7 Å². The second-order valence-corrected chi connectivity index (χ2v) is 6.18. The number of methoxy groups -OCH3 is 1. The molecule has 0 aliphatic heterocycles. The SMILES string of the molecule is COc1ccc(C)cc1NC(=O)[C@H](OC(=O)CCC(C)=O)c1ccccc1. The molecule has 0 radical (unpaired) electrons. The van der Waals surface area contributed by atoms with E-state index in [9.17, 15) is 14.4 Å². The molecule has 0 bridgehead atoms. The van der Waals surface area contributed by atoms with E-state index in [2.05, 4.69) is 5.32 Å². The smallest absolute Gasteiger partial charge is 0.307 e. The summed E-state index contributed by atoms with van der Waals surface area (Å²) in [5, 5.41) is 2.76. The molecule has 0 saturated carbocycles. The fourth-order valence-corrected chi connectivity index (χ4v) is 2.49. The van der Waals surface area contributed by atoms with Crippen molar-refractivity contribution in [2.75, 3.05) is 12.4 Å². The van der Waals surface area contributed by atoms with Gasteiger partial charge in [0.15, 0.2) is 0 Å². The first-order valence-electron chi connectivity index (χ1n) is 8.60. The molecule has 0 aromatic heterocycles. The van der Waals surface area contributed by atoms with Gasteiger partial charge in [-0.15, -0.1) is 0 Å². The Morgan fingerprint density at radius 2 is 1.74 bits per heavy atom. The van der Waals surface area contributed by atoms with Gasteiger partial charge in [-0.3, -0.25) is 9.59 Å². The quantitative estimate of drug-likeness (QED) is 0.719. The first-order chi connectivity index (χ1) is 12.9. The van der Waals surface area contributed by atoms with Crippen LogP contribution >= 0.6 is 0 Å². The number of hydrogen-bond donors (Lipinski definition) is 1. The molecule has 2 rings (SSSR count). The van der Waals surface area contributed by atoms with Crippen LogP contribution in [-0.2, 0) is 19.1 Å². The highest BCUT2D eigenvalue weighted by Crippen LogP contribution is 2.28. The fraction of sp³-hybridized carbons (Fsp3) is 0.286. The van der Waals surface area contributed by atoms with Crippen LogP contribution in [0, 0.1) is 6.92 Å². The Balaban J connectivity index is 2.22. The van der Waals surface area contributed by atoms with Crippen LogP contribution in [0.15, 0.2) is 48.5 Å². The van der Waals surface area contributed by atoms with E-state index in [0.29, 0.717) is 17.0 Å². The van der Waals surface area contributed by atoms with E-state index in [1.165, 1.54) is 14.0 Å². The predicted octanol–water partition coefficient (Wildman–Crippen LogP) is 3.60. The van der Waals surface area contributed by atoms with Crippen LogP contribution in [0.3, 0.4) is 0 Å². The Morgan fingerprint density at radius 1 is 1.04 bits per heavy atom. The maximum atomic E-state index is 12.9. The number of esters is 1. The number of Topliss-reactive ketones (excluding diaryl/α,β-unsaturated/α-hetero) is 1. The van der Waals surface area contributed by atoms with E-state index in [-0.39, 0.29) is 18.6 Å². The van der Waals surface area contributed by atoms with Gasteiger partial charge in [-0.1, -0.05) is 36.4 Å². The fourth-order valence-electron chi connectivity index (χ4n) is 2.49. The van der Waals surface area contributed by atoms with Gasteiger partial charge in [0.05, 0.1) is 19.2 Å². The Kier molecular flexibility index (Phi) is 7.11. The van der Waals surface area contributed by atoms with Crippen molar-refractivity contribution in [1.29, 1.82) is 0 Å². The number of hydrogen-bond acceptors (Lipinski definition) is 5. The average Bonchev–Trinajstić information content (AvgIpc) is 2.65. The van der Waals surface area contributed by atoms with Gasteiger partial charge in [-0.2, -0.15) is 0 Å². The van der Waals surface area contributed by atoms with Crippen LogP contribution < -0.4 is 10.1 Å². The van der Waals surface area contributed by atoms with Crippen molar-refractivity contribution >= 4 is 23.3 Å². The lowest BCUT2D eigenvalue weighted by atomic mass is 10.1. The van der Waals surface area contributed by atoms with E-state index in [4.69, 9.17) is 9.47 Å². The summed E-state index contributed by atoms with van der Waals surface area (Å²) < 4.78 is 10.7. The third kappa shape index (κ3) is 5.95. The van der Waals surface area contributed by atoms with Gasteiger partial charge in [-0.05, 0) is 31.5 Å². The summed E-state index contributed by atoms with van der Waals surface area (Å²) >= 11 is 0. The van der Waals surface area contributed by atoms with Crippen molar-refractivity contribution in [2.45, 2.75) is 32.8 Å². The number of carbonyl (C=O) groups excluding carboxylic acids is 3. The third-order valence-electron chi connectivity index (χ3n) is 3.88. The van der Waals surface area contributed by atoms with Gasteiger partial charge >= 0.3 is 5.97 Å². The summed E-state index contributed by atoms with van der Waals surface area (Å²) in [5.41, 5.74) is 1.97. The van der Waals surface area contributed by atoms with E-state index in [1.807, 2.05) is 13.0 Å². The highest BCUT2D eigenvalue weighted by atomic mass is 16.5. The van der Waals surface area contributed by atoms with Crippen LogP contribution in [0.25, 0.3) is 0 Å². The molecule has 2 aromatic rings. The maximum Gasteiger partial charge on any atom is 0.307 e. The minimum atomic E-state index is -1.13. The molecule has 27 heavy (non-hydrogen) atoms. The molecule has 6 heteroatoms. The van der Waals surface area contributed by atoms with Crippen molar-refractivity contribution in [1.82, 2.24) is 0 Å². The number of carbonyl (C=O) groups is 3. The molecule has 0 heterocycles. The van der Waals surface area contributed by atoms with E-state index in [0.717, 1.165) is 5.56 Å². The van der Waals surface area contributed by atoms with Crippen LogP contribution in [-0.4, -0.2) is 24.8 Å². The highest BCUT2D eigenvalue weighted by molar-refractivity contribution is 5.97. The van der Waals surface area contributed by atoms with Crippen molar-refractivity contribution in [3.63, 3.8) is 0 Å². The number of rotatable bonds is 8. The molecule has 1 amide bonds.